The van der Waals surface area contributed by atoms with Crippen molar-refractivity contribution in [3.05, 3.63) is 64.7 Å². The highest BCUT2D eigenvalue weighted by Gasteiger charge is 2.22. The van der Waals surface area contributed by atoms with Gasteiger partial charge in [0.15, 0.2) is 11.6 Å². The van der Waals surface area contributed by atoms with E-state index in [1.807, 2.05) is 18.2 Å². The van der Waals surface area contributed by atoms with E-state index in [0.717, 1.165) is 29.4 Å². The Morgan fingerprint density at radius 1 is 1.19 bits per heavy atom. The van der Waals surface area contributed by atoms with E-state index in [9.17, 15) is 8.78 Å². The van der Waals surface area contributed by atoms with Crippen molar-refractivity contribution >= 4 is 0 Å². The molecular weight excluding hydrogens is 274 g/mol. The highest BCUT2D eigenvalue weighted by Crippen LogP contribution is 2.34. The Labute approximate surface area is 121 Å². The number of benzene rings is 2. The van der Waals surface area contributed by atoms with Gasteiger partial charge in [-0.05, 0) is 29.7 Å². The summed E-state index contributed by atoms with van der Waals surface area (Å²) in [6.45, 7) is 0.662. The second-order valence-electron chi connectivity index (χ2n) is 5.11. The molecule has 1 atom stereocenters. The summed E-state index contributed by atoms with van der Waals surface area (Å²) in [5.41, 5.74) is 5.50. The van der Waals surface area contributed by atoms with Gasteiger partial charge in [-0.2, -0.15) is 0 Å². The zero-order chi connectivity index (χ0) is 14.8. The number of halogens is 2. The molecule has 0 spiro atoms. The molecule has 3 N–H and O–H groups in total. The van der Waals surface area contributed by atoms with Crippen LogP contribution in [0.5, 0.6) is 5.75 Å². The summed E-state index contributed by atoms with van der Waals surface area (Å²) in [5.74, 6) is 4.79. The molecule has 0 aliphatic carbocycles. The molecule has 0 aromatic heterocycles. The van der Waals surface area contributed by atoms with E-state index < -0.39 is 11.6 Å². The largest absolute Gasteiger partial charge is 0.493 e. The third-order valence-corrected chi connectivity index (χ3v) is 3.75. The van der Waals surface area contributed by atoms with Crippen LogP contribution in [-0.4, -0.2) is 6.61 Å². The Bertz CT molecular complexity index is 661. The van der Waals surface area contributed by atoms with Crippen LogP contribution in [0.2, 0.25) is 0 Å². The molecule has 3 nitrogen and oxygen atoms in total. The second-order valence-corrected chi connectivity index (χ2v) is 5.11. The molecule has 1 unspecified atom stereocenters. The second kappa shape index (κ2) is 5.79. The Kier molecular flexibility index (Phi) is 3.86. The normalized spacial score (nSPS) is 14.6. The summed E-state index contributed by atoms with van der Waals surface area (Å²) in [6.07, 6.45) is 1.33. The van der Waals surface area contributed by atoms with Gasteiger partial charge in [-0.3, -0.25) is 11.3 Å². The van der Waals surface area contributed by atoms with E-state index in [1.54, 1.807) is 6.07 Å². The number of ether oxygens (including phenoxy) is 1. The maximum absolute atomic E-state index is 13.3. The van der Waals surface area contributed by atoms with Gasteiger partial charge in [-0.15, -0.1) is 0 Å². The molecule has 2 aromatic rings. The molecule has 0 saturated heterocycles. The Morgan fingerprint density at radius 2 is 2.05 bits per heavy atom. The Morgan fingerprint density at radius 3 is 2.81 bits per heavy atom. The number of para-hydroxylation sites is 1. The fourth-order valence-corrected chi connectivity index (χ4v) is 2.68. The number of hydrogen-bond acceptors (Lipinski definition) is 3. The van der Waals surface area contributed by atoms with Gasteiger partial charge in [0.25, 0.3) is 0 Å². The Balaban J connectivity index is 1.89. The first kappa shape index (κ1) is 14.0. The van der Waals surface area contributed by atoms with Crippen molar-refractivity contribution in [1.82, 2.24) is 5.43 Å². The van der Waals surface area contributed by atoms with Gasteiger partial charge in [-0.25, -0.2) is 8.78 Å². The minimum atomic E-state index is -0.849. The molecule has 5 heteroatoms. The summed E-state index contributed by atoms with van der Waals surface area (Å²) in [5, 5.41) is 0. The maximum atomic E-state index is 13.3. The molecule has 0 fully saturated rings. The molecule has 3 rings (SSSR count). The van der Waals surface area contributed by atoms with Crippen LogP contribution in [0.1, 0.15) is 22.7 Å². The monoisotopic (exact) mass is 290 g/mol. The quantitative estimate of drug-likeness (QED) is 0.672. The van der Waals surface area contributed by atoms with E-state index in [4.69, 9.17) is 10.6 Å². The molecule has 0 amide bonds. The van der Waals surface area contributed by atoms with Crippen molar-refractivity contribution in [3.63, 3.8) is 0 Å². The highest BCUT2D eigenvalue weighted by molar-refractivity contribution is 5.46. The van der Waals surface area contributed by atoms with Gasteiger partial charge < -0.3 is 4.74 Å². The van der Waals surface area contributed by atoms with E-state index in [-0.39, 0.29) is 6.04 Å². The lowest BCUT2D eigenvalue weighted by Gasteiger charge is -2.19. The minimum absolute atomic E-state index is 0.220. The SMILES string of the molecule is NNC(Cc1ccc(F)c(F)c1)c1cccc2c1OCC2. The maximum Gasteiger partial charge on any atom is 0.159 e. The van der Waals surface area contributed by atoms with E-state index >= 15 is 0 Å². The topological polar surface area (TPSA) is 47.3 Å². The number of rotatable bonds is 4. The first-order chi connectivity index (χ1) is 10.2. The summed E-state index contributed by atoms with van der Waals surface area (Å²) in [6, 6.07) is 9.59. The Hall–Kier alpha value is -1.98. The number of hydrogen-bond donors (Lipinski definition) is 2. The van der Waals surface area contributed by atoms with E-state index in [2.05, 4.69) is 5.43 Å². The van der Waals surface area contributed by atoms with Crippen LogP contribution in [0.4, 0.5) is 8.78 Å². The first-order valence-corrected chi connectivity index (χ1v) is 6.83. The fraction of sp³-hybridized carbons (Fsp3) is 0.250. The summed E-state index contributed by atoms with van der Waals surface area (Å²) >= 11 is 0. The summed E-state index contributed by atoms with van der Waals surface area (Å²) in [4.78, 5) is 0. The van der Waals surface area contributed by atoms with Crippen LogP contribution in [0, 0.1) is 11.6 Å². The van der Waals surface area contributed by atoms with Crippen molar-refractivity contribution in [1.29, 1.82) is 0 Å². The van der Waals surface area contributed by atoms with Gasteiger partial charge in [0.05, 0.1) is 12.6 Å². The highest BCUT2D eigenvalue weighted by atomic mass is 19.2. The van der Waals surface area contributed by atoms with Crippen molar-refractivity contribution in [2.24, 2.45) is 5.84 Å². The average Bonchev–Trinajstić information content (AvgIpc) is 2.97. The van der Waals surface area contributed by atoms with Crippen LogP contribution in [-0.2, 0) is 12.8 Å². The fourth-order valence-electron chi connectivity index (χ4n) is 2.68. The van der Waals surface area contributed by atoms with Crippen molar-refractivity contribution in [3.8, 4) is 5.75 Å². The van der Waals surface area contributed by atoms with Crippen LogP contribution >= 0.6 is 0 Å². The molecule has 110 valence electrons. The molecule has 21 heavy (non-hydrogen) atoms. The lowest BCUT2D eigenvalue weighted by Crippen LogP contribution is -2.30. The van der Waals surface area contributed by atoms with Crippen LogP contribution < -0.4 is 16.0 Å². The molecule has 0 bridgehead atoms. The van der Waals surface area contributed by atoms with Crippen LogP contribution in [0.15, 0.2) is 36.4 Å². The number of nitrogens with one attached hydrogen (secondary N) is 1. The predicted molar refractivity (Wildman–Crippen MR) is 75.8 cm³/mol. The van der Waals surface area contributed by atoms with E-state index in [1.165, 1.54) is 6.07 Å². The van der Waals surface area contributed by atoms with Gasteiger partial charge in [0.2, 0.25) is 0 Å². The molecule has 0 saturated carbocycles. The zero-order valence-electron chi connectivity index (χ0n) is 11.4. The summed E-state index contributed by atoms with van der Waals surface area (Å²) < 4.78 is 32.0. The van der Waals surface area contributed by atoms with Gasteiger partial charge in [0.1, 0.15) is 5.75 Å². The molecule has 0 radical (unpaired) electrons. The summed E-state index contributed by atoms with van der Waals surface area (Å²) in [7, 11) is 0. The standard InChI is InChI=1S/C16H16F2N2O/c17-13-5-4-10(8-14(13)18)9-15(20-19)12-3-1-2-11-6-7-21-16(11)12/h1-5,8,15,20H,6-7,9,19H2. The molecule has 1 heterocycles. The third kappa shape index (κ3) is 2.75. The minimum Gasteiger partial charge on any atom is -0.493 e. The first-order valence-electron chi connectivity index (χ1n) is 6.83. The van der Waals surface area contributed by atoms with Gasteiger partial charge in [0, 0.05) is 12.0 Å². The lowest BCUT2D eigenvalue weighted by atomic mass is 9.96. The zero-order valence-corrected chi connectivity index (χ0v) is 11.4. The van der Waals surface area contributed by atoms with E-state index in [0.29, 0.717) is 18.6 Å². The van der Waals surface area contributed by atoms with Crippen LogP contribution in [0.3, 0.4) is 0 Å². The number of fused-ring (bicyclic) bond motifs is 1. The van der Waals surface area contributed by atoms with Gasteiger partial charge >= 0.3 is 0 Å². The molecule has 1 aliphatic rings. The number of hydrazine groups is 1. The molecule has 1 aliphatic heterocycles. The van der Waals surface area contributed by atoms with Crippen LogP contribution in [0.25, 0.3) is 0 Å². The molecular formula is C16H16F2N2O. The van der Waals surface area contributed by atoms with Gasteiger partial charge in [-0.1, -0.05) is 24.3 Å². The average molecular weight is 290 g/mol. The molecule has 2 aromatic carbocycles. The smallest absolute Gasteiger partial charge is 0.159 e. The van der Waals surface area contributed by atoms with Crippen molar-refractivity contribution in [2.75, 3.05) is 6.61 Å². The van der Waals surface area contributed by atoms with Crippen molar-refractivity contribution in [2.45, 2.75) is 18.9 Å². The lowest BCUT2D eigenvalue weighted by molar-refractivity contribution is 0.348. The predicted octanol–water partition coefficient (Wildman–Crippen LogP) is 2.65. The van der Waals surface area contributed by atoms with Crippen molar-refractivity contribution < 1.29 is 13.5 Å². The third-order valence-electron chi connectivity index (χ3n) is 3.75. The number of nitrogens with two attached hydrogens (primary N) is 1.